The van der Waals surface area contributed by atoms with E-state index in [1.54, 1.807) is 16.0 Å². The highest BCUT2D eigenvalue weighted by molar-refractivity contribution is 7.08. The monoisotopic (exact) mass is 348 g/mol. The molecule has 0 spiro atoms. The molecule has 2 aromatic carbocycles. The molecule has 1 amide bonds. The molecule has 0 atom stereocenters. The van der Waals surface area contributed by atoms with Gasteiger partial charge in [0, 0.05) is 6.54 Å². The Bertz CT molecular complexity index is 1010. The fraction of sp³-hybridized carbons (Fsp3) is 0.105. The van der Waals surface area contributed by atoms with Crippen LogP contribution in [0.25, 0.3) is 22.2 Å². The summed E-state index contributed by atoms with van der Waals surface area (Å²) in [5.41, 5.74) is 5.07. The SMILES string of the molecule is O=C(Cn1nnc2ccccc21)NCc1ccccc1-c1ccsc1. The van der Waals surface area contributed by atoms with Crippen molar-refractivity contribution in [3.05, 3.63) is 70.9 Å². The van der Waals surface area contributed by atoms with E-state index >= 15 is 0 Å². The van der Waals surface area contributed by atoms with Crippen LogP contribution in [0.1, 0.15) is 5.56 Å². The van der Waals surface area contributed by atoms with E-state index < -0.39 is 0 Å². The first kappa shape index (κ1) is 15.5. The summed E-state index contributed by atoms with van der Waals surface area (Å²) in [5, 5.41) is 15.3. The predicted molar refractivity (Wildman–Crippen MR) is 99.1 cm³/mol. The summed E-state index contributed by atoms with van der Waals surface area (Å²) in [6.07, 6.45) is 0. The zero-order valence-corrected chi connectivity index (χ0v) is 14.2. The molecule has 5 nitrogen and oxygen atoms in total. The highest BCUT2D eigenvalue weighted by Gasteiger charge is 2.10. The molecule has 4 rings (SSSR count). The van der Waals surface area contributed by atoms with Gasteiger partial charge in [0.05, 0.1) is 5.52 Å². The van der Waals surface area contributed by atoms with Crippen LogP contribution >= 0.6 is 11.3 Å². The molecule has 0 aliphatic carbocycles. The zero-order valence-electron chi connectivity index (χ0n) is 13.4. The van der Waals surface area contributed by atoms with Gasteiger partial charge < -0.3 is 5.32 Å². The van der Waals surface area contributed by atoms with E-state index in [2.05, 4.69) is 38.5 Å². The lowest BCUT2D eigenvalue weighted by atomic mass is 10.0. The number of hydrogen-bond acceptors (Lipinski definition) is 4. The van der Waals surface area contributed by atoms with E-state index in [1.165, 1.54) is 5.56 Å². The summed E-state index contributed by atoms with van der Waals surface area (Å²) in [7, 11) is 0. The van der Waals surface area contributed by atoms with E-state index in [0.29, 0.717) is 6.54 Å². The quantitative estimate of drug-likeness (QED) is 0.601. The summed E-state index contributed by atoms with van der Waals surface area (Å²) in [4.78, 5) is 12.3. The minimum atomic E-state index is -0.0872. The van der Waals surface area contributed by atoms with Crippen molar-refractivity contribution in [1.82, 2.24) is 20.3 Å². The first-order valence-corrected chi connectivity index (χ1v) is 8.91. The number of rotatable bonds is 5. The van der Waals surface area contributed by atoms with Crippen LogP contribution in [0.2, 0.25) is 0 Å². The van der Waals surface area contributed by atoms with Crippen molar-refractivity contribution in [2.75, 3.05) is 0 Å². The molecular weight excluding hydrogens is 332 g/mol. The van der Waals surface area contributed by atoms with Crippen molar-refractivity contribution in [2.45, 2.75) is 13.1 Å². The Morgan fingerprint density at radius 2 is 1.92 bits per heavy atom. The van der Waals surface area contributed by atoms with Crippen molar-refractivity contribution in [3.8, 4) is 11.1 Å². The number of hydrogen-bond donors (Lipinski definition) is 1. The van der Waals surface area contributed by atoms with E-state index in [9.17, 15) is 4.79 Å². The molecule has 0 aliphatic rings. The number of carbonyl (C=O) groups is 1. The molecule has 0 saturated heterocycles. The Kier molecular flexibility index (Phi) is 4.26. The minimum absolute atomic E-state index is 0.0872. The Hall–Kier alpha value is -2.99. The number of fused-ring (bicyclic) bond motifs is 1. The summed E-state index contributed by atoms with van der Waals surface area (Å²) < 4.78 is 1.62. The number of nitrogens with zero attached hydrogens (tertiary/aromatic N) is 3. The third-order valence-corrected chi connectivity index (χ3v) is 4.72. The van der Waals surface area contributed by atoms with E-state index in [4.69, 9.17) is 0 Å². The first-order valence-electron chi connectivity index (χ1n) is 7.97. The Labute approximate surface area is 148 Å². The standard InChI is InChI=1S/C19H16N4OS/c24-19(12-23-18-8-4-3-7-17(18)21-22-23)20-11-14-5-1-2-6-16(14)15-9-10-25-13-15/h1-10,13H,11-12H2,(H,20,24). The smallest absolute Gasteiger partial charge is 0.242 e. The number of aromatic nitrogens is 3. The van der Waals surface area contributed by atoms with Gasteiger partial charge in [0.25, 0.3) is 0 Å². The average molecular weight is 348 g/mol. The van der Waals surface area contributed by atoms with Crippen LogP contribution in [0, 0.1) is 0 Å². The summed E-state index contributed by atoms with van der Waals surface area (Å²) in [6, 6.07) is 17.8. The second kappa shape index (κ2) is 6.86. The van der Waals surface area contributed by atoms with Crippen LogP contribution in [0.5, 0.6) is 0 Å². The van der Waals surface area contributed by atoms with Crippen LogP contribution < -0.4 is 5.32 Å². The molecule has 0 bridgehead atoms. The third kappa shape index (κ3) is 3.29. The molecule has 2 aromatic heterocycles. The molecular formula is C19H16N4OS. The lowest BCUT2D eigenvalue weighted by Gasteiger charge is -2.10. The van der Waals surface area contributed by atoms with Crippen molar-refractivity contribution < 1.29 is 4.79 Å². The first-order chi connectivity index (χ1) is 12.3. The van der Waals surface area contributed by atoms with Gasteiger partial charge in [0.1, 0.15) is 12.1 Å². The molecule has 0 saturated carbocycles. The van der Waals surface area contributed by atoms with Gasteiger partial charge in [-0.25, -0.2) is 4.68 Å². The van der Waals surface area contributed by atoms with Gasteiger partial charge >= 0.3 is 0 Å². The molecule has 124 valence electrons. The van der Waals surface area contributed by atoms with Crippen molar-refractivity contribution in [3.63, 3.8) is 0 Å². The average Bonchev–Trinajstić information content (AvgIpc) is 3.31. The van der Waals surface area contributed by atoms with Gasteiger partial charge in [0.15, 0.2) is 0 Å². The van der Waals surface area contributed by atoms with Gasteiger partial charge in [-0.2, -0.15) is 11.3 Å². The number of thiophene rings is 1. The third-order valence-electron chi connectivity index (χ3n) is 4.04. The van der Waals surface area contributed by atoms with Gasteiger partial charge in [-0.1, -0.05) is 41.6 Å². The number of benzene rings is 2. The zero-order chi connectivity index (χ0) is 17.1. The molecule has 0 unspecified atom stereocenters. The number of carbonyl (C=O) groups excluding carboxylic acids is 1. The molecule has 0 radical (unpaired) electrons. The number of amides is 1. The molecule has 6 heteroatoms. The molecule has 0 aliphatic heterocycles. The van der Waals surface area contributed by atoms with Crippen LogP contribution in [0.4, 0.5) is 0 Å². The Balaban J connectivity index is 1.46. The largest absolute Gasteiger partial charge is 0.350 e. The lowest BCUT2D eigenvalue weighted by Crippen LogP contribution is -2.27. The van der Waals surface area contributed by atoms with Crippen molar-refractivity contribution >= 4 is 28.3 Å². The van der Waals surface area contributed by atoms with Gasteiger partial charge in [-0.15, -0.1) is 5.10 Å². The van der Waals surface area contributed by atoms with Gasteiger partial charge in [0.2, 0.25) is 5.91 Å². The van der Waals surface area contributed by atoms with Gasteiger partial charge in [-0.3, -0.25) is 4.79 Å². The van der Waals surface area contributed by atoms with Gasteiger partial charge in [-0.05, 0) is 45.6 Å². The van der Waals surface area contributed by atoms with Crippen LogP contribution in [-0.4, -0.2) is 20.9 Å². The maximum absolute atomic E-state index is 12.3. The second-order valence-electron chi connectivity index (χ2n) is 5.68. The number of para-hydroxylation sites is 1. The summed E-state index contributed by atoms with van der Waals surface area (Å²) in [6.45, 7) is 0.638. The molecule has 0 fully saturated rings. The second-order valence-corrected chi connectivity index (χ2v) is 6.46. The van der Waals surface area contributed by atoms with Crippen LogP contribution in [-0.2, 0) is 17.9 Å². The maximum atomic E-state index is 12.3. The van der Waals surface area contributed by atoms with E-state index in [0.717, 1.165) is 22.2 Å². The number of nitrogens with one attached hydrogen (secondary N) is 1. The fourth-order valence-electron chi connectivity index (χ4n) is 2.79. The highest BCUT2D eigenvalue weighted by Crippen LogP contribution is 2.25. The summed E-state index contributed by atoms with van der Waals surface area (Å²) >= 11 is 1.67. The Morgan fingerprint density at radius 1 is 1.08 bits per heavy atom. The van der Waals surface area contributed by atoms with E-state index in [1.807, 2.05) is 42.5 Å². The fourth-order valence-corrected chi connectivity index (χ4v) is 3.45. The normalized spacial score (nSPS) is 10.9. The molecule has 1 N–H and O–H groups in total. The van der Waals surface area contributed by atoms with Crippen LogP contribution in [0.15, 0.2) is 65.4 Å². The lowest BCUT2D eigenvalue weighted by molar-refractivity contribution is -0.121. The Morgan fingerprint density at radius 3 is 2.80 bits per heavy atom. The molecule has 2 heterocycles. The van der Waals surface area contributed by atoms with Crippen molar-refractivity contribution in [1.29, 1.82) is 0 Å². The topological polar surface area (TPSA) is 59.8 Å². The summed E-state index contributed by atoms with van der Waals surface area (Å²) in [5.74, 6) is -0.0872. The molecule has 4 aromatic rings. The predicted octanol–water partition coefficient (Wildman–Crippen LogP) is 3.48. The molecule has 25 heavy (non-hydrogen) atoms. The van der Waals surface area contributed by atoms with E-state index in [-0.39, 0.29) is 12.5 Å². The van der Waals surface area contributed by atoms with Crippen LogP contribution in [0.3, 0.4) is 0 Å². The van der Waals surface area contributed by atoms with Crippen molar-refractivity contribution in [2.24, 2.45) is 0 Å². The maximum Gasteiger partial charge on any atom is 0.242 e. The minimum Gasteiger partial charge on any atom is -0.350 e. The highest BCUT2D eigenvalue weighted by atomic mass is 32.1.